The molecule has 0 saturated heterocycles. The van der Waals surface area contributed by atoms with Gasteiger partial charge in [-0.05, 0) is 24.1 Å². The Balaban J connectivity index is 0.00000225. The summed E-state index contributed by atoms with van der Waals surface area (Å²) in [5.74, 6) is -3.37. The molecule has 0 aromatic heterocycles. The zero-order valence-electron chi connectivity index (χ0n) is 8.58. The van der Waals surface area contributed by atoms with Crippen LogP contribution in [0, 0.1) is 6.92 Å². The van der Waals surface area contributed by atoms with Crippen LogP contribution >= 0.6 is 24.0 Å². The molecule has 2 nitrogen and oxygen atoms in total. The van der Waals surface area contributed by atoms with E-state index in [1.54, 1.807) is 19.1 Å². The van der Waals surface area contributed by atoms with Crippen molar-refractivity contribution in [1.82, 2.24) is 0 Å². The van der Waals surface area contributed by atoms with Gasteiger partial charge >= 0.3 is 0 Å². The summed E-state index contributed by atoms with van der Waals surface area (Å²) in [6.45, 7) is 0.355. The Labute approximate surface area is 104 Å². The number of aliphatic hydroxyl groups is 1. The van der Waals surface area contributed by atoms with E-state index in [4.69, 9.17) is 22.4 Å². The molecule has 0 radical (unpaired) electrons. The fourth-order valence-corrected chi connectivity index (χ4v) is 1.69. The minimum atomic E-state index is -3.37. The Bertz CT molecular complexity index is 340. The summed E-state index contributed by atoms with van der Waals surface area (Å²) in [6, 6.07) is 3.22. The number of hydrogen-bond acceptors (Lipinski definition) is 2. The SMILES string of the molecule is Cc1cccc(Cl)c1[C@H](N)C(F)(F)CO.Cl. The van der Waals surface area contributed by atoms with Crippen LogP contribution in [0.4, 0.5) is 8.78 Å². The number of nitrogens with two attached hydrogens (primary N) is 1. The van der Waals surface area contributed by atoms with Gasteiger partial charge in [0.25, 0.3) is 5.92 Å². The molecular weight excluding hydrogens is 259 g/mol. The molecule has 1 aromatic carbocycles. The summed E-state index contributed by atoms with van der Waals surface area (Å²) < 4.78 is 26.3. The van der Waals surface area contributed by atoms with E-state index in [1.807, 2.05) is 0 Å². The van der Waals surface area contributed by atoms with Gasteiger partial charge < -0.3 is 10.8 Å². The molecule has 0 bridgehead atoms. The Morgan fingerprint density at radius 2 is 2.06 bits per heavy atom. The van der Waals surface area contributed by atoms with Crippen LogP contribution in [0.3, 0.4) is 0 Å². The first-order valence-electron chi connectivity index (χ1n) is 4.39. The van der Waals surface area contributed by atoms with Gasteiger partial charge in [-0.15, -0.1) is 12.4 Å². The number of rotatable bonds is 3. The Morgan fingerprint density at radius 1 is 1.50 bits per heavy atom. The average Bonchev–Trinajstić information content (AvgIpc) is 2.17. The molecule has 0 spiro atoms. The van der Waals surface area contributed by atoms with Gasteiger partial charge in [0.2, 0.25) is 0 Å². The third-order valence-corrected chi connectivity index (χ3v) is 2.58. The molecule has 0 unspecified atom stereocenters. The molecule has 6 heteroatoms. The highest BCUT2D eigenvalue weighted by molar-refractivity contribution is 6.31. The molecule has 0 aliphatic carbocycles. The standard InChI is InChI=1S/C10H12ClF2NO.ClH/c1-6-3-2-4-7(11)8(6)9(14)10(12,13)5-15;/h2-4,9,15H,5,14H2,1H3;1H/t9-;/m0./s1. The molecule has 0 aliphatic heterocycles. The zero-order valence-corrected chi connectivity index (χ0v) is 10.2. The minimum absolute atomic E-state index is 0. The van der Waals surface area contributed by atoms with E-state index in [0.717, 1.165) is 0 Å². The second-order valence-corrected chi connectivity index (χ2v) is 3.77. The van der Waals surface area contributed by atoms with Gasteiger partial charge in [0.05, 0.1) is 6.04 Å². The van der Waals surface area contributed by atoms with Gasteiger partial charge in [-0.3, -0.25) is 0 Å². The molecule has 0 heterocycles. The molecule has 1 rings (SSSR count). The van der Waals surface area contributed by atoms with Crippen molar-refractivity contribution >= 4 is 24.0 Å². The molecule has 16 heavy (non-hydrogen) atoms. The lowest BCUT2D eigenvalue weighted by Gasteiger charge is -2.24. The number of alkyl halides is 2. The second kappa shape index (κ2) is 5.77. The fourth-order valence-electron chi connectivity index (χ4n) is 1.35. The van der Waals surface area contributed by atoms with Crippen LogP contribution in [0.25, 0.3) is 0 Å². The molecule has 1 aromatic rings. The summed E-state index contributed by atoms with van der Waals surface area (Å²) in [5.41, 5.74) is 6.16. The first-order valence-corrected chi connectivity index (χ1v) is 4.77. The van der Waals surface area contributed by atoms with Gasteiger partial charge in [-0.2, -0.15) is 0 Å². The van der Waals surface area contributed by atoms with Crippen molar-refractivity contribution in [2.45, 2.75) is 18.9 Å². The van der Waals surface area contributed by atoms with Crippen LogP contribution in [0.5, 0.6) is 0 Å². The summed E-state index contributed by atoms with van der Waals surface area (Å²) in [4.78, 5) is 0. The van der Waals surface area contributed by atoms with Gasteiger partial charge in [-0.1, -0.05) is 23.7 Å². The fraction of sp³-hybridized carbons (Fsp3) is 0.400. The minimum Gasteiger partial charge on any atom is -0.390 e. The van der Waals surface area contributed by atoms with Crippen molar-refractivity contribution in [2.24, 2.45) is 5.73 Å². The Kier molecular flexibility index (Phi) is 5.62. The van der Waals surface area contributed by atoms with Crippen molar-refractivity contribution < 1.29 is 13.9 Å². The van der Waals surface area contributed by atoms with Gasteiger partial charge in [0.1, 0.15) is 6.61 Å². The largest absolute Gasteiger partial charge is 0.390 e. The molecule has 1 atom stereocenters. The van der Waals surface area contributed by atoms with Crippen LogP contribution in [-0.2, 0) is 0 Å². The predicted molar refractivity (Wildman–Crippen MR) is 62.4 cm³/mol. The smallest absolute Gasteiger partial charge is 0.289 e. The van der Waals surface area contributed by atoms with Crippen LogP contribution < -0.4 is 5.73 Å². The third kappa shape index (κ3) is 3.04. The second-order valence-electron chi connectivity index (χ2n) is 3.37. The molecule has 92 valence electrons. The lowest BCUT2D eigenvalue weighted by molar-refractivity contribution is -0.0712. The van der Waals surface area contributed by atoms with Crippen molar-refractivity contribution in [1.29, 1.82) is 0 Å². The molecule has 0 saturated carbocycles. The lowest BCUT2D eigenvalue weighted by atomic mass is 9.97. The van der Waals surface area contributed by atoms with Gasteiger partial charge in [-0.25, -0.2) is 8.78 Å². The molecule has 0 fully saturated rings. The topological polar surface area (TPSA) is 46.2 Å². The van der Waals surface area contributed by atoms with Crippen molar-refractivity contribution in [3.8, 4) is 0 Å². The maximum absolute atomic E-state index is 13.2. The quantitative estimate of drug-likeness (QED) is 0.888. The number of hydrogen-bond donors (Lipinski definition) is 2. The van der Waals surface area contributed by atoms with Crippen molar-refractivity contribution in [3.05, 3.63) is 34.3 Å². The molecule has 0 aliphatic rings. The number of aryl methyl sites for hydroxylation is 1. The van der Waals surface area contributed by atoms with E-state index in [1.165, 1.54) is 6.07 Å². The summed E-state index contributed by atoms with van der Waals surface area (Å²) >= 11 is 5.79. The third-order valence-electron chi connectivity index (χ3n) is 2.25. The van der Waals surface area contributed by atoms with E-state index in [2.05, 4.69) is 0 Å². The summed E-state index contributed by atoms with van der Waals surface area (Å²) in [7, 11) is 0. The number of halogens is 4. The Hall–Kier alpha value is -0.420. The predicted octanol–water partition coefficient (Wildman–Crippen LogP) is 2.70. The number of benzene rings is 1. The maximum Gasteiger partial charge on any atom is 0.289 e. The van der Waals surface area contributed by atoms with E-state index in [0.29, 0.717) is 5.56 Å². The first-order chi connectivity index (χ1) is 6.90. The highest BCUT2D eigenvalue weighted by Gasteiger charge is 2.38. The van der Waals surface area contributed by atoms with Crippen LogP contribution in [0.2, 0.25) is 5.02 Å². The normalized spacial score (nSPS) is 13.1. The lowest BCUT2D eigenvalue weighted by Crippen LogP contribution is -2.36. The highest BCUT2D eigenvalue weighted by atomic mass is 35.5. The van der Waals surface area contributed by atoms with Crippen LogP contribution in [0.1, 0.15) is 17.2 Å². The van der Waals surface area contributed by atoms with Crippen molar-refractivity contribution in [3.63, 3.8) is 0 Å². The molecule has 3 N–H and O–H groups in total. The average molecular weight is 272 g/mol. The molecular formula is C10H13Cl2F2NO. The van der Waals surface area contributed by atoms with Gasteiger partial charge in [0.15, 0.2) is 0 Å². The highest BCUT2D eigenvalue weighted by Crippen LogP contribution is 2.34. The maximum atomic E-state index is 13.2. The van der Waals surface area contributed by atoms with E-state index >= 15 is 0 Å². The van der Waals surface area contributed by atoms with Crippen LogP contribution in [0.15, 0.2) is 18.2 Å². The Morgan fingerprint density at radius 3 is 2.50 bits per heavy atom. The molecule has 0 amide bonds. The summed E-state index contributed by atoms with van der Waals surface area (Å²) in [5, 5.41) is 8.72. The number of aliphatic hydroxyl groups excluding tert-OH is 1. The van der Waals surface area contributed by atoms with Crippen molar-refractivity contribution in [2.75, 3.05) is 6.61 Å². The van der Waals surface area contributed by atoms with Gasteiger partial charge in [0, 0.05) is 5.02 Å². The van der Waals surface area contributed by atoms with Crippen LogP contribution in [-0.4, -0.2) is 17.6 Å². The van der Waals surface area contributed by atoms with E-state index < -0.39 is 18.6 Å². The summed E-state index contributed by atoms with van der Waals surface area (Å²) in [6.07, 6.45) is 0. The first kappa shape index (κ1) is 15.6. The van der Waals surface area contributed by atoms with E-state index in [-0.39, 0.29) is 23.0 Å². The zero-order chi connectivity index (χ0) is 11.6. The van der Waals surface area contributed by atoms with E-state index in [9.17, 15) is 8.78 Å². The monoisotopic (exact) mass is 271 g/mol.